The van der Waals surface area contributed by atoms with Gasteiger partial charge in [-0.25, -0.2) is 4.98 Å². The minimum absolute atomic E-state index is 0.0309. The van der Waals surface area contributed by atoms with Gasteiger partial charge in [-0.1, -0.05) is 6.07 Å². The number of rotatable bonds is 5. The largest absolute Gasteiger partial charge is 0.330 e. The Morgan fingerprint density at radius 2 is 2.04 bits per heavy atom. The zero-order chi connectivity index (χ0) is 15.6. The van der Waals surface area contributed by atoms with Crippen LogP contribution in [0.1, 0.15) is 28.9 Å². The minimum atomic E-state index is 0.0309. The zero-order valence-electron chi connectivity index (χ0n) is 12.4. The lowest BCUT2D eigenvalue weighted by Gasteiger charge is -2.21. The van der Waals surface area contributed by atoms with E-state index in [9.17, 15) is 4.79 Å². The molecule has 4 nitrogen and oxygen atoms in total. The molecule has 3 heterocycles. The Kier molecular flexibility index (Phi) is 3.93. The molecular formula is C17H15N3OS2. The zero-order valence-corrected chi connectivity index (χ0v) is 14.0. The fourth-order valence-electron chi connectivity index (χ4n) is 2.47. The summed E-state index contributed by atoms with van der Waals surface area (Å²) >= 11 is 3.18. The predicted molar refractivity (Wildman–Crippen MR) is 92.6 cm³/mol. The topological polar surface area (TPSA) is 46.1 Å². The van der Waals surface area contributed by atoms with Gasteiger partial charge in [-0.2, -0.15) is 0 Å². The Bertz CT molecular complexity index is 794. The summed E-state index contributed by atoms with van der Waals surface area (Å²) in [5.74, 6) is 0.0309. The molecule has 0 atom stereocenters. The van der Waals surface area contributed by atoms with Gasteiger partial charge in [0.15, 0.2) is 0 Å². The van der Waals surface area contributed by atoms with E-state index >= 15 is 0 Å². The third-order valence-corrected chi connectivity index (χ3v) is 5.69. The van der Waals surface area contributed by atoms with Crippen molar-refractivity contribution in [1.82, 2.24) is 14.9 Å². The van der Waals surface area contributed by atoms with E-state index in [0.717, 1.165) is 28.3 Å². The maximum atomic E-state index is 12.9. The average molecular weight is 341 g/mol. The van der Waals surface area contributed by atoms with E-state index < -0.39 is 0 Å². The highest BCUT2D eigenvalue weighted by atomic mass is 32.1. The molecule has 0 unspecified atom stereocenters. The molecular weight excluding hydrogens is 326 g/mol. The highest BCUT2D eigenvalue weighted by Gasteiger charge is 2.34. The SMILES string of the molecule is O=C(c1csc(-c2cccs2)n1)N(Cc1ccncc1)C1CC1. The smallest absolute Gasteiger partial charge is 0.273 e. The molecule has 23 heavy (non-hydrogen) atoms. The van der Waals surface area contributed by atoms with Crippen LogP contribution in [0.3, 0.4) is 0 Å². The molecule has 0 spiro atoms. The second kappa shape index (κ2) is 6.22. The Balaban J connectivity index is 1.56. The van der Waals surface area contributed by atoms with E-state index in [1.165, 1.54) is 11.3 Å². The van der Waals surface area contributed by atoms with E-state index in [4.69, 9.17) is 0 Å². The van der Waals surface area contributed by atoms with E-state index in [2.05, 4.69) is 9.97 Å². The van der Waals surface area contributed by atoms with Crippen molar-refractivity contribution in [3.63, 3.8) is 0 Å². The van der Waals surface area contributed by atoms with Crippen molar-refractivity contribution >= 4 is 28.6 Å². The molecule has 1 aliphatic carbocycles. The van der Waals surface area contributed by atoms with Gasteiger partial charge in [-0.15, -0.1) is 22.7 Å². The standard InChI is InChI=1S/C17H15N3OS2/c21-17(14-11-23-16(19-14)15-2-1-9-22-15)20(13-3-4-13)10-12-5-7-18-8-6-12/h1-2,5-9,11,13H,3-4,10H2. The van der Waals surface area contributed by atoms with Crippen molar-refractivity contribution in [2.24, 2.45) is 0 Å². The number of hydrogen-bond donors (Lipinski definition) is 0. The average Bonchev–Trinajstić information content (AvgIpc) is 3.08. The van der Waals surface area contributed by atoms with Gasteiger partial charge < -0.3 is 4.90 Å². The minimum Gasteiger partial charge on any atom is -0.330 e. The quantitative estimate of drug-likeness (QED) is 0.703. The third-order valence-electron chi connectivity index (χ3n) is 3.81. The van der Waals surface area contributed by atoms with Crippen LogP contribution >= 0.6 is 22.7 Å². The van der Waals surface area contributed by atoms with Crippen molar-refractivity contribution in [2.75, 3.05) is 0 Å². The van der Waals surface area contributed by atoms with Crippen LogP contribution in [-0.4, -0.2) is 26.8 Å². The molecule has 4 rings (SSSR count). The number of nitrogens with zero attached hydrogens (tertiary/aromatic N) is 3. The van der Waals surface area contributed by atoms with E-state index in [-0.39, 0.29) is 5.91 Å². The first-order valence-electron chi connectivity index (χ1n) is 7.50. The van der Waals surface area contributed by atoms with Gasteiger partial charge in [0.2, 0.25) is 0 Å². The highest BCUT2D eigenvalue weighted by Crippen LogP contribution is 2.32. The molecule has 0 saturated heterocycles. The summed E-state index contributed by atoms with van der Waals surface area (Å²) in [5.41, 5.74) is 1.66. The predicted octanol–water partition coefficient (Wildman–Crippen LogP) is 4.07. The summed E-state index contributed by atoms with van der Waals surface area (Å²) in [4.78, 5) is 24.5. The van der Waals surface area contributed by atoms with Crippen LogP contribution in [0.2, 0.25) is 0 Å². The molecule has 1 amide bonds. The summed E-state index contributed by atoms with van der Waals surface area (Å²) in [6, 6.07) is 8.31. The number of thiazole rings is 1. The Morgan fingerprint density at radius 3 is 2.74 bits per heavy atom. The molecule has 6 heteroatoms. The summed E-state index contributed by atoms with van der Waals surface area (Å²) < 4.78 is 0. The van der Waals surface area contributed by atoms with Gasteiger partial charge in [0, 0.05) is 30.4 Å². The monoisotopic (exact) mass is 341 g/mol. The molecule has 0 aliphatic heterocycles. The van der Waals surface area contributed by atoms with Gasteiger partial charge in [-0.05, 0) is 42.0 Å². The number of aromatic nitrogens is 2. The molecule has 0 bridgehead atoms. The van der Waals surface area contributed by atoms with E-state index in [1.54, 1.807) is 23.7 Å². The maximum Gasteiger partial charge on any atom is 0.273 e. The van der Waals surface area contributed by atoms with Gasteiger partial charge in [-0.3, -0.25) is 9.78 Å². The van der Waals surface area contributed by atoms with Gasteiger partial charge in [0.05, 0.1) is 4.88 Å². The first kappa shape index (κ1) is 14.5. The van der Waals surface area contributed by atoms with E-state index in [0.29, 0.717) is 18.3 Å². The Labute approximate surface area is 142 Å². The molecule has 1 saturated carbocycles. The molecule has 1 fully saturated rings. The summed E-state index contributed by atoms with van der Waals surface area (Å²) in [6.07, 6.45) is 5.70. The van der Waals surface area contributed by atoms with Crippen molar-refractivity contribution in [1.29, 1.82) is 0 Å². The lowest BCUT2D eigenvalue weighted by molar-refractivity contribution is 0.0725. The molecule has 1 aliphatic rings. The van der Waals surface area contributed by atoms with Crippen molar-refractivity contribution in [3.8, 4) is 9.88 Å². The van der Waals surface area contributed by atoms with Crippen LogP contribution in [0.25, 0.3) is 9.88 Å². The van der Waals surface area contributed by atoms with Gasteiger partial charge in [0.25, 0.3) is 5.91 Å². The normalized spacial score (nSPS) is 13.9. The first-order chi connectivity index (χ1) is 11.3. The molecule has 3 aromatic heterocycles. The Hall–Kier alpha value is -2.05. The van der Waals surface area contributed by atoms with Crippen LogP contribution in [0.15, 0.2) is 47.4 Å². The second-order valence-corrected chi connectivity index (χ2v) is 7.34. The number of hydrogen-bond acceptors (Lipinski definition) is 5. The fraction of sp³-hybridized carbons (Fsp3) is 0.235. The molecule has 0 radical (unpaired) electrons. The van der Waals surface area contributed by atoms with Crippen LogP contribution in [0, 0.1) is 0 Å². The van der Waals surface area contributed by atoms with Gasteiger partial charge in [0.1, 0.15) is 10.7 Å². The number of carbonyl (C=O) groups is 1. The third kappa shape index (κ3) is 3.18. The van der Waals surface area contributed by atoms with Crippen LogP contribution in [0.4, 0.5) is 0 Å². The van der Waals surface area contributed by atoms with Gasteiger partial charge >= 0.3 is 0 Å². The number of thiophene rings is 1. The first-order valence-corrected chi connectivity index (χ1v) is 9.26. The second-order valence-electron chi connectivity index (χ2n) is 5.53. The van der Waals surface area contributed by atoms with Crippen LogP contribution < -0.4 is 0 Å². The summed E-state index contributed by atoms with van der Waals surface area (Å²) in [5, 5.41) is 4.82. The van der Waals surface area contributed by atoms with Crippen molar-refractivity contribution in [3.05, 3.63) is 58.7 Å². The van der Waals surface area contributed by atoms with Crippen molar-refractivity contribution in [2.45, 2.75) is 25.4 Å². The summed E-state index contributed by atoms with van der Waals surface area (Å²) in [6.45, 7) is 0.623. The Morgan fingerprint density at radius 1 is 1.22 bits per heavy atom. The van der Waals surface area contributed by atoms with E-state index in [1.807, 2.05) is 39.9 Å². The van der Waals surface area contributed by atoms with Crippen LogP contribution in [-0.2, 0) is 6.54 Å². The number of pyridine rings is 1. The fourth-order valence-corrected chi connectivity index (χ4v) is 4.08. The highest BCUT2D eigenvalue weighted by molar-refractivity contribution is 7.20. The molecule has 0 N–H and O–H groups in total. The maximum absolute atomic E-state index is 12.9. The number of carbonyl (C=O) groups excluding carboxylic acids is 1. The molecule has 0 aromatic carbocycles. The molecule has 116 valence electrons. The molecule has 3 aromatic rings. The lowest BCUT2D eigenvalue weighted by Crippen LogP contribution is -2.32. The van der Waals surface area contributed by atoms with Crippen LogP contribution in [0.5, 0.6) is 0 Å². The van der Waals surface area contributed by atoms with Crippen molar-refractivity contribution < 1.29 is 4.79 Å². The summed E-state index contributed by atoms with van der Waals surface area (Å²) in [7, 11) is 0. The lowest BCUT2D eigenvalue weighted by atomic mass is 10.2. The number of amides is 1.